The van der Waals surface area contributed by atoms with Gasteiger partial charge in [-0.1, -0.05) is 0 Å². The van der Waals surface area contributed by atoms with Gasteiger partial charge in [-0.3, -0.25) is 14.4 Å². The molecule has 0 unspecified atom stereocenters. The summed E-state index contributed by atoms with van der Waals surface area (Å²) in [7, 11) is 0. The number of carbonyl (C=O) groups is 3. The van der Waals surface area contributed by atoms with E-state index in [1.54, 1.807) is 4.90 Å². The highest BCUT2D eigenvalue weighted by molar-refractivity contribution is 5.96. The molecule has 1 aliphatic rings. The number of hydrogen-bond acceptors (Lipinski definition) is 7. The third-order valence-electron chi connectivity index (χ3n) is 4.67. The maximum atomic E-state index is 13.1. The maximum Gasteiger partial charge on any atom is 0.416 e. The van der Waals surface area contributed by atoms with E-state index in [1.807, 2.05) is 0 Å². The van der Waals surface area contributed by atoms with Crippen molar-refractivity contribution in [3.8, 4) is 0 Å². The molecule has 3 rings (SSSR count). The molecule has 0 saturated carbocycles. The van der Waals surface area contributed by atoms with Crippen molar-refractivity contribution in [2.45, 2.75) is 12.6 Å². The molecule has 1 aromatic heterocycles. The molecule has 33 heavy (non-hydrogen) atoms. The fourth-order valence-corrected chi connectivity index (χ4v) is 3.07. The molecule has 1 saturated heterocycles. The lowest BCUT2D eigenvalue weighted by Gasteiger charge is -2.31. The second kappa shape index (κ2) is 10.9. The minimum absolute atomic E-state index is 0.0431. The molecule has 12 heteroatoms. The first-order valence-corrected chi connectivity index (χ1v) is 10.0. The van der Waals surface area contributed by atoms with Gasteiger partial charge in [0, 0.05) is 19.6 Å². The van der Waals surface area contributed by atoms with Crippen LogP contribution >= 0.6 is 0 Å². The third kappa shape index (κ3) is 6.97. The molecule has 2 heterocycles. The van der Waals surface area contributed by atoms with Crippen molar-refractivity contribution in [1.29, 1.82) is 0 Å². The van der Waals surface area contributed by atoms with E-state index >= 15 is 0 Å². The van der Waals surface area contributed by atoms with Crippen LogP contribution in [0.25, 0.3) is 0 Å². The van der Waals surface area contributed by atoms with Crippen LogP contribution in [0, 0.1) is 0 Å². The minimum atomic E-state index is -4.59. The molecular formula is C21H22F3N3O6. The Balaban J connectivity index is 1.53. The lowest BCUT2D eigenvalue weighted by atomic mass is 10.1. The van der Waals surface area contributed by atoms with Gasteiger partial charge in [-0.15, -0.1) is 0 Å². The van der Waals surface area contributed by atoms with Gasteiger partial charge in [0.1, 0.15) is 0 Å². The Morgan fingerprint density at radius 3 is 2.55 bits per heavy atom. The number of benzene rings is 1. The average molecular weight is 469 g/mol. The SMILES string of the molecule is O=C(COC(=O)CCNC(=O)c1ccco1)Nc1cc(C(F)(F)F)ccc1N1CCOCC1. The van der Waals surface area contributed by atoms with Gasteiger partial charge in [-0.2, -0.15) is 13.2 Å². The number of nitrogens with one attached hydrogen (secondary N) is 2. The predicted octanol–water partition coefficient (Wildman–Crippen LogP) is 2.44. The predicted molar refractivity (Wildman–Crippen MR) is 110 cm³/mol. The highest BCUT2D eigenvalue weighted by atomic mass is 19.4. The van der Waals surface area contributed by atoms with Gasteiger partial charge in [0.05, 0.1) is 42.8 Å². The zero-order valence-electron chi connectivity index (χ0n) is 17.4. The number of hydrogen-bond donors (Lipinski definition) is 2. The third-order valence-corrected chi connectivity index (χ3v) is 4.67. The molecule has 0 bridgehead atoms. The fraction of sp³-hybridized carbons (Fsp3) is 0.381. The number of esters is 1. The van der Waals surface area contributed by atoms with Crippen LogP contribution < -0.4 is 15.5 Å². The second-order valence-corrected chi connectivity index (χ2v) is 7.02. The smallest absolute Gasteiger partial charge is 0.416 e. The summed E-state index contributed by atoms with van der Waals surface area (Å²) < 4.78 is 54.5. The summed E-state index contributed by atoms with van der Waals surface area (Å²) in [5.74, 6) is -1.98. The number of ether oxygens (including phenoxy) is 2. The standard InChI is InChI=1S/C21H22F3N3O6/c22-21(23,24)14-3-4-16(27-7-10-31-11-8-27)15(12-14)26-18(28)13-33-19(29)5-6-25-20(30)17-2-1-9-32-17/h1-4,9,12H,5-8,10-11,13H2,(H,25,30)(H,26,28). The Kier molecular flexibility index (Phi) is 7.93. The molecular weight excluding hydrogens is 447 g/mol. The molecule has 9 nitrogen and oxygen atoms in total. The van der Waals surface area contributed by atoms with Gasteiger partial charge >= 0.3 is 12.1 Å². The summed E-state index contributed by atoms with van der Waals surface area (Å²) >= 11 is 0. The van der Waals surface area contributed by atoms with Crippen molar-refractivity contribution in [3.63, 3.8) is 0 Å². The van der Waals surface area contributed by atoms with Crippen molar-refractivity contribution in [3.05, 3.63) is 47.9 Å². The molecule has 2 aromatic rings. The minimum Gasteiger partial charge on any atom is -0.459 e. The number of halogens is 3. The van der Waals surface area contributed by atoms with Crippen LogP contribution in [0.1, 0.15) is 22.5 Å². The number of amides is 2. The Morgan fingerprint density at radius 2 is 1.88 bits per heavy atom. The summed E-state index contributed by atoms with van der Waals surface area (Å²) in [5, 5.41) is 4.84. The number of alkyl halides is 3. The van der Waals surface area contributed by atoms with E-state index in [4.69, 9.17) is 13.9 Å². The van der Waals surface area contributed by atoms with Gasteiger partial charge in [0.15, 0.2) is 12.4 Å². The number of furan rings is 1. The number of nitrogens with zero attached hydrogens (tertiary/aromatic N) is 1. The first kappa shape index (κ1) is 24.1. The van der Waals surface area contributed by atoms with Crippen LogP contribution in [-0.2, 0) is 25.2 Å². The highest BCUT2D eigenvalue weighted by Gasteiger charge is 2.32. The number of anilines is 2. The zero-order chi connectivity index (χ0) is 23.8. The molecule has 2 amide bonds. The van der Waals surface area contributed by atoms with Crippen LogP contribution in [0.3, 0.4) is 0 Å². The lowest BCUT2D eigenvalue weighted by molar-refractivity contribution is -0.147. The summed E-state index contributed by atoms with van der Waals surface area (Å²) in [6, 6.07) is 6.07. The molecule has 178 valence electrons. The molecule has 0 radical (unpaired) electrons. The zero-order valence-corrected chi connectivity index (χ0v) is 17.4. The monoisotopic (exact) mass is 469 g/mol. The summed E-state index contributed by atoms with van der Waals surface area (Å²) in [6.45, 7) is 0.976. The number of morpholine rings is 1. The van der Waals surface area contributed by atoms with Crippen LogP contribution in [0.15, 0.2) is 41.0 Å². The summed E-state index contributed by atoms with van der Waals surface area (Å²) in [5.41, 5.74) is -0.552. The first-order chi connectivity index (χ1) is 15.7. The van der Waals surface area contributed by atoms with E-state index < -0.39 is 36.1 Å². The fourth-order valence-electron chi connectivity index (χ4n) is 3.07. The highest BCUT2D eigenvalue weighted by Crippen LogP contribution is 2.35. The number of carbonyl (C=O) groups excluding carboxylic acids is 3. The number of rotatable bonds is 8. The normalized spacial score (nSPS) is 14.0. The molecule has 0 spiro atoms. The molecule has 1 aromatic carbocycles. The van der Waals surface area contributed by atoms with Crippen LogP contribution in [0.4, 0.5) is 24.5 Å². The Hall–Kier alpha value is -3.54. The van der Waals surface area contributed by atoms with Gasteiger partial charge in [0.2, 0.25) is 0 Å². The molecule has 0 aliphatic carbocycles. The van der Waals surface area contributed by atoms with Crippen LogP contribution in [-0.4, -0.2) is 57.2 Å². The Labute approximate surface area is 186 Å². The van der Waals surface area contributed by atoms with Crippen molar-refractivity contribution < 1.29 is 41.4 Å². The van der Waals surface area contributed by atoms with E-state index in [0.29, 0.717) is 32.0 Å². The van der Waals surface area contributed by atoms with Gasteiger partial charge < -0.3 is 29.4 Å². The van der Waals surface area contributed by atoms with Gasteiger partial charge in [-0.25, -0.2) is 0 Å². The lowest BCUT2D eigenvalue weighted by Crippen LogP contribution is -2.37. The molecule has 0 atom stereocenters. The summed E-state index contributed by atoms with van der Waals surface area (Å²) in [6.07, 6.45) is -3.46. The van der Waals surface area contributed by atoms with Gasteiger partial charge in [0.25, 0.3) is 11.8 Å². The second-order valence-electron chi connectivity index (χ2n) is 7.02. The Bertz CT molecular complexity index is 972. The van der Waals surface area contributed by atoms with Crippen molar-refractivity contribution in [2.24, 2.45) is 0 Å². The van der Waals surface area contributed by atoms with E-state index in [1.165, 1.54) is 24.5 Å². The molecule has 1 aliphatic heterocycles. The average Bonchev–Trinajstić information content (AvgIpc) is 3.33. The van der Waals surface area contributed by atoms with E-state index in [9.17, 15) is 27.6 Å². The summed E-state index contributed by atoms with van der Waals surface area (Å²) in [4.78, 5) is 37.6. The first-order valence-electron chi connectivity index (χ1n) is 10.0. The molecule has 1 fully saturated rings. The quantitative estimate of drug-likeness (QED) is 0.572. The van der Waals surface area contributed by atoms with Crippen LogP contribution in [0.5, 0.6) is 0 Å². The van der Waals surface area contributed by atoms with E-state index in [-0.39, 0.29) is 24.4 Å². The topological polar surface area (TPSA) is 110 Å². The largest absolute Gasteiger partial charge is 0.459 e. The van der Waals surface area contributed by atoms with Crippen LogP contribution in [0.2, 0.25) is 0 Å². The van der Waals surface area contributed by atoms with E-state index in [2.05, 4.69) is 10.6 Å². The van der Waals surface area contributed by atoms with E-state index in [0.717, 1.165) is 12.1 Å². The van der Waals surface area contributed by atoms with Crippen molar-refractivity contribution >= 4 is 29.2 Å². The van der Waals surface area contributed by atoms with Crippen molar-refractivity contribution in [1.82, 2.24) is 5.32 Å². The maximum absolute atomic E-state index is 13.1. The molecule has 2 N–H and O–H groups in total. The Morgan fingerprint density at radius 1 is 1.12 bits per heavy atom. The van der Waals surface area contributed by atoms with Gasteiger partial charge in [-0.05, 0) is 30.3 Å². The van der Waals surface area contributed by atoms with Crippen molar-refractivity contribution in [2.75, 3.05) is 49.7 Å².